The monoisotopic (exact) mass is 358 g/mol. The van der Waals surface area contributed by atoms with Gasteiger partial charge in [-0.3, -0.25) is 0 Å². The lowest BCUT2D eigenvalue weighted by Gasteiger charge is -2.41. The van der Waals surface area contributed by atoms with Crippen molar-refractivity contribution in [1.82, 2.24) is 4.90 Å². The van der Waals surface area contributed by atoms with Crippen molar-refractivity contribution in [3.05, 3.63) is 29.8 Å². The van der Waals surface area contributed by atoms with Crippen LogP contribution in [-0.4, -0.2) is 42.8 Å². The highest BCUT2D eigenvalue weighted by Crippen LogP contribution is 2.34. The van der Waals surface area contributed by atoms with Crippen LogP contribution < -0.4 is 4.90 Å². The van der Waals surface area contributed by atoms with Crippen molar-refractivity contribution in [3.8, 4) is 0 Å². The molecule has 0 spiro atoms. The molecule has 0 radical (unpaired) electrons. The van der Waals surface area contributed by atoms with Crippen molar-refractivity contribution in [2.45, 2.75) is 59.0 Å². The molecule has 2 fully saturated rings. The van der Waals surface area contributed by atoms with E-state index in [1.54, 1.807) is 0 Å². The van der Waals surface area contributed by atoms with E-state index in [0.717, 1.165) is 50.9 Å². The first kappa shape index (κ1) is 19.1. The Hall–Kier alpha value is -1.71. The lowest BCUT2D eigenvalue weighted by molar-refractivity contribution is 0.0152. The predicted molar refractivity (Wildman–Crippen MR) is 107 cm³/mol. The van der Waals surface area contributed by atoms with Crippen LogP contribution in [0.4, 0.5) is 10.5 Å². The molecule has 0 saturated carbocycles. The SMILES string of the molecule is Cc1cccc(N2CCC(C3CCN(C(=O)OC(C)(C)C)CC3)CC2)c1. The third-order valence-corrected chi connectivity index (χ3v) is 5.76. The van der Waals surface area contributed by atoms with E-state index in [9.17, 15) is 4.79 Å². The number of piperidine rings is 2. The number of carbonyl (C=O) groups excluding carboxylic acids is 1. The predicted octanol–water partition coefficient (Wildman–Crippen LogP) is 4.86. The molecule has 26 heavy (non-hydrogen) atoms. The number of benzene rings is 1. The molecule has 2 saturated heterocycles. The largest absolute Gasteiger partial charge is 0.444 e. The number of rotatable bonds is 2. The molecule has 0 aliphatic carbocycles. The summed E-state index contributed by atoms with van der Waals surface area (Å²) >= 11 is 0. The maximum absolute atomic E-state index is 12.2. The van der Waals surface area contributed by atoms with Crippen molar-refractivity contribution in [1.29, 1.82) is 0 Å². The van der Waals surface area contributed by atoms with Gasteiger partial charge in [0.05, 0.1) is 0 Å². The summed E-state index contributed by atoms with van der Waals surface area (Å²) in [6.07, 6.45) is 4.63. The Bertz CT molecular complexity index is 607. The number of ether oxygens (including phenoxy) is 1. The summed E-state index contributed by atoms with van der Waals surface area (Å²) in [5.74, 6) is 1.56. The third-order valence-electron chi connectivity index (χ3n) is 5.76. The van der Waals surface area contributed by atoms with E-state index in [-0.39, 0.29) is 6.09 Å². The smallest absolute Gasteiger partial charge is 0.410 e. The van der Waals surface area contributed by atoms with Gasteiger partial charge in [-0.25, -0.2) is 4.79 Å². The standard InChI is InChI=1S/C22H34N2O2/c1-17-6-5-7-20(16-17)23-12-8-18(9-13-23)19-10-14-24(15-11-19)21(25)26-22(2,3)4/h5-7,16,18-19H,8-15H2,1-4H3. The number of carbonyl (C=O) groups is 1. The fourth-order valence-corrected chi connectivity index (χ4v) is 4.33. The van der Waals surface area contributed by atoms with Gasteiger partial charge in [0.15, 0.2) is 0 Å². The second-order valence-electron chi connectivity index (χ2n) is 8.97. The van der Waals surface area contributed by atoms with Crippen LogP contribution in [0.5, 0.6) is 0 Å². The zero-order valence-corrected chi connectivity index (χ0v) is 16.8. The van der Waals surface area contributed by atoms with Gasteiger partial charge in [0.2, 0.25) is 0 Å². The molecule has 1 aromatic rings. The number of nitrogens with zero attached hydrogens (tertiary/aromatic N) is 2. The molecule has 2 heterocycles. The van der Waals surface area contributed by atoms with Crippen molar-refractivity contribution in [2.75, 3.05) is 31.1 Å². The number of hydrogen-bond acceptors (Lipinski definition) is 3. The number of amides is 1. The maximum Gasteiger partial charge on any atom is 0.410 e. The Labute approximate surface area is 158 Å². The Morgan fingerprint density at radius 3 is 2.12 bits per heavy atom. The minimum Gasteiger partial charge on any atom is -0.444 e. The van der Waals surface area contributed by atoms with Crippen molar-refractivity contribution in [3.63, 3.8) is 0 Å². The van der Waals surface area contributed by atoms with Crippen LogP contribution in [0.25, 0.3) is 0 Å². The van der Waals surface area contributed by atoms with Crippen LogP contribution in [-0.2, 0) is 4.74 Å². The van der Waals surface area contributed by atoms with Crippen LogP contribution in [0.1, 0.15) is 52.0 Å². The molecular formula is C22H34N2O2. The van der Waals surface area contributed by atoms with Crippen molar-refractivity contribution >= 4 is 11.8 Å². The van der Waals surface area contributed by atoms with Gasteiger partial charge in [-0.2, -0.15) is 0 Å². The minimum absolute atomic E-state index is 0.148. The summed E-state index contributed by atoms with van der Waals surface area (Å²) in [5, 5.41) is 0. The average Bonchev–Trinajstić information content (AvgIpc) is 2.61. The molecule has 2 aliphatic heterocycles. The quantitative estimate of drug-likeness (QED) is 0.757. The molecule has 0 aromatic heterocycles. The maximum atomic E-state index is 12.2. The van der Waals surface area contributed by atoms with Gasteiger partial charge >= 0.3 is 6.09 Å². The van der Waals surface area contributed by atoms with Crippen LogP contribution in [0.3, 0.4) is 0 Å². The first-order chi connectivity index (χ1) is 12.3. The lowest BCUT2D eigenvalue weighted by Crippen LogP contribution is -2.44. The molecule has 0 bridgehead atoms. The van der Waals surface area contributed by atoms with Crippen molar-refractivity contribution in [2.24, 2.45) is 11.8 Å². The van der Waals surface area contributed by atoms with Crippen LogP contribution in [0, 0.1) is 18.8 Å². The van der Waals surface area contributed by atoms with Crippen LogP contribution in [0.15, 0.2) is 24.3 Å². The summed E-state index contributed by atoms with van der Waals surface area (Å²) in [6, 6.07) is 8.84. The molecule has 1 amide bonds. The Morgan fingerprint density at radius 1 is 1.00 bits per heavy atom. The highest BCUT2D eigenvalue weighted by molar-refractivity contribution is 5.68. The zero-order valence-electron chi connectivity index (χ0n) is 16.8. The molecule has 3 rings (SSSR count). The highest BCUT2D eigenvalue weighted by Gasteiger charge is 2.32. The van der Waals surface area contributed by atoms with Gasteiger partial charge in [-0.1, -0.05) is 12.1 Å². The Balaban J connectivity index is 1.46. The molecule has 4 heteroatoms. The molecule has 0 atom stereocenters. The van der Waals surface area contributed by atoms with E-state index in [1.165, 1.54) is 24.1 Å². The fraction of sp³-hybridized carbons (Fsp3) is 0.682. The first-order valence-corrected chi connectivity index (χ1v) is 10.1. The fourth-order valence-electron chi connectivity index (χ4n) is 4.33. The second-order valence-corrected chi connectivity index (χ2v) is 8.97. The summed E-state index contributed by atoms with van der Waals surface area (Å²) in [6.45, 7) is 11.9. The average molecular weight is 359 g/mol. The van der Waals surface area contributed by atoms with Crippen LogP contribution in [0.2, 0.25) is 0 Å². The topological polar surface area (TPSA) is 32.8 Å². The van der Waals surface area contributed by atoms with Crippen LogP contribution >= 0.6 is 0 Å². The van der Waals surface area contributed by atoms with E-state index >= 15 is 0 Å². The molecule has 2 aliphatic rings. The van der Waals surface area contributed by atoms with E-state index < -0.39 is 5.60 Å². The number of anilines is 1. The molecule has 1 aromatic carbocycles. The Kier molecular flexibility index (Phi) is 5.79. The first-order valence-electron chi connectivity index (χ1n) is 10.1. The third kappa shape index (κ3) is 4.93. The second kappa shape index (κ2) is 7.89. The summed E-state index contributed by atoms with van der Waals surface area (Å²) in [4.78, 5) is 16.6. The summed E-state index contributed by atoms with van der Waals surface area (Å²) in [5.41, 5.74) is 2.29. The summed E-state index contributed by atoms with van der Waals surface area (Å²) < 4.78 is 5.51. The van der Waals surface area contributed by atoms with Gasteiger partial charge in [0, 0.05) is 31.9 Å². The Morgan fingerprint density at radius 2 is 1.58 bits per heavy atom. The van der Waals surface area contributed by atoms with E-state index in [1.807, 2.05) is 25.7 Å². The molecule has 144 valence electrons. The van der Waals surface area contributed by atoms with Gasteiger partial charge in [0.1, 0.15) is 5.60 Å². The number of aryl methyl sites for hydroxylation is 1. The number of hydrogen-bond donors (Lipinski definition) is 0. The van der Waals surface area contributed by atoms with E-state index in [2.05, 4.69) is 36.1 Å². The van der Waals surface area contributed by atoms with Gasteiger partial charge in [-0.05, 0) is 82.9 Å². The number of likely N-dealkylation sites (tertiary alicyclic amines) is 1. The summed E-state index contributed by atoms with van der Waals surface area (Å²) in [7, 11) is 0. The minimum atomic E-state index is -0.406. The lowest BCUT2D eigenvalue weighted by atomic mass is 9.79. The van der Waals surface area contributed by atoms with Gasteiger partial charge in [-0.15, -0.1) is 0 Å². The van der Waals surface area contributed by atoms with Gasteiger partial charge < -0.3 is 14.5 Å². The van der Waals surface area contributed by atoms with Crippen molar-refractivity contribution < 1.29 is 9.53 Å². The molecule has 0 unspecified atom stereocenters. The van der Waals surface area contributed by atoms with E-state index in [0.29, 0.717) is 0 Å². The highest BCUT2D eigenvalue weighted by atomic mass is 16.6. The van der Waals surface area contributed by atoms with E-state index in [4.69, 9.17) is 4.74 Å². The molecule has 0 N–H and O–H groups in total. The normalized spacial score (nSPS) is 20.3. The van der Waals surface area contributed by atoms with Gasteiger partial charge in [0.25, 0.3) is 0 Å². The molecule has 4 nitrogen and oxygen atoms in total. The molecular weight excluding hydrogens is 324 g/mol. The zero-order chi connectivity index (χ0) is 18.7.